The topological polar surface area (TPSA) is 29.5 Å². The van der Waals surface area contributed by atoms with Crippen LogP contribution in [0.2, 0.25) is 0 Å². The summed E-state index contributed by atoms with van der Waals surface area (Å²) >= 11 is 0. The minimum Gasteiger partial charge on any atom is -0.376 e. The van der Waals surface area contributed by atoms with Crippen LogP contribution in [0.15, 0.2) is 0 Å². The molecule has 1 heterocycles. The average molecular weight is 213 g/mol. The molecule has 0 bridgehead atoms. The highest BCUT2D eigenvalue weighted by Crippen LogP contribution is 2.18. The van der Waals surface area contributed by atoms with Crippen molar-refractivity contribution in [1.29, 1.82) is 0 Å². The lowest BCUT2D eigenvalue weighted by Gasteiger charge is -2.41. The average Bonchev–Trinajstić information content (AvgIpc) is 2.27. The lowest BCUT2D eigenvalue weighted by Crippen LogP contribution is -2.54. The van der Waals surface area contributed by atoms with Crippen LogP contribution in [0.3, 0.4) is 0 Å². The first-order chi connectivity index (χ1) is 7.10. The standard InChI is InChI=1S/C12H23NO2/c1-5-11-8-15-9(3)7-13(11)10(4)12(14)6-2/h9-11H,5-8H2,1-4H3. The van der Waals surface area contributed by atoms with Gasteiger partial charge in [-0.3, -0.25) is 9.69 Å². The van der Waals surface area contributed by atoms with E-state index < -0.39 is 0 Å². The predicted octanol–water partition coefficient (Wildman–Crippen LogP) is 1.85. The third-order valence-corrected chi connectivity index (χ3v) is 3.29. The molecule has 1 aliphatic heterocycles. The van der Waals surface area contributed by atoms with Crippen LogP contribution in [0.5, 0.6) is 0 Å². The number of morpholine rings is 1. The van der Waals surface area contributed by atoms with Crippen molar-refractivity contribution in [3.63, 3.8) is 0 Å². The molecule has 3 atom stereocenters. The zero-order chi connectivity index (χ0) is 11.4. The van der Waals surface area contributed by atoms with E-state index >= 15 is 0 Å². The molecule has 1 rings (SSSR count). The van der Waals surface area contributed by atoms with Crippen LogP contribution in [0.25, 0.3) is 0 Å². The van der Waals surface area contributed by atoms with E-state index in [-0.39, 0.29) is 12.1 Å². The Morgan fingerprint density at radius 2 is 2.20 bits per heavy atom. The van der Waals surface area contributed by atoms with E-state index in [1.807, 2.05) is 13.8 Å². The van der Waals surface area contributed by atoms with Gasteiger partial charge in [-0.2, -0.15) is 0 Å². The van der Waals surface area contributed by atoms with Gasteiger partial charge in [-0.15, -0.1) is 0 Å². The van der Waals surface area contributed by atoms with Crippen molar-refractivity contribution in [2.24, 2.45) is 0 Å². The van der Waals surface area contributed by atoms with Crippen LogP contribution in [-0.4, -0.2) is 42.0 Å². The van der Waals surface area contributed by atoms with Gasteiger partial charge < -0.3 is 4.74 Å². The Morgan fingerprint density at radius 1 is 1.53 bits per heavy atom. The summed E-state index contributed by atoms with van der Waals surface area (Å²) in [6.45, 7) is 9.82. The Hall–Kier alpha value is -0.410. The van der Waals surface area contributed by atoms with E-state index in [0.717, 1.165) is 19.6 Å². The maximum Gasteiger partial charge on any atom is 0.149 e. The van der Waals surface area contributed by atoms with Gasteiger partial charge in [0.05, 0.1) is 18.8 Å². The van der Waals surface area contributed by atoms with E-state index in [9.17, 15) is 4.79 Å². The summed E-state index contributed by atoms with van der Waals surface area (Å²) < 4.78 is 5.62. The summed E-state index contributed by atoms with van der Waals surface area (Å²) in [4.78, 5) is 14.0. The zero-order valence-electron chi connectivity index (χ0n) is 10.3. The van der Waals surface area contributed by atoms with E-state index in [0.29, 0.717) is 18.2 Å². The van der Waals surface area contributed by atoms with Crippen LogP contribution in [-0.2, 0) is 9.53 Å². The Kier molecular flexibility index (Phi) is 4.74. The number of carbonyl (C=O) groups excluding carboxylic acids is 1. The molecule has 0 aromatic rings. The molecule has 3 unspecified atom stereocenters. The normalized spacial score (nSPS) is 30.1. The van der Waals surface area contributed by atoms with Gasteiger partial charge in [0, 0.05) is 19.0 Å². The van der Waals surface area contributed by atoms with Gasteiger partial charge in [0.1, 0.15) is 5.78 Å². The van der Waals surface area contributed by atoms with Crippen molar-refractivity contribution in [2.75, 3.05) is 13.2 Å². The van der Waals surface area contributed by atoms with Crippen molar-refractivity contribution >= 4 is 5.78 Å². The highest BCUT2D eigenvalue weighted by atomic mass is 16.5. The van der Waals surface area contributed by atoms with Crippen molar-refractivity contribution in [3.8, 4) is 0 Å². The fourth-order valence-electron chi connectivity index (χ4n) is 2.18. The number of nitrogens with zero attached hydrogens (tertiary/aromatic N) is 1. The minimum atomic E-state index is 0.0475. The molecule has 0 aliphatic carbocycles. The molecular weight excluding hydrogens is 190 g/mol. The molecular formula is C12H23NO2. The smallest absolute Gasteiger partial charge is 0.149 e. The SMILES string of the molecule is CCC(=O)C(C)N1CC(C)OCC1CC. The van der Waals surface area contributed by atoms with Gasteiger partial charge in [-0.25, -0.2) is 0 Å². The van der Waals surface area contributed by atoms with Crippen LogP contribution in [0, 0.1) is 0 Å². The second kappa shape index (κ2) is 5.61. The summed E-state index contributed by atoms with van der Waals surface area (Å²) in [6.07, 6.45) is 1.93. The molecule has 0 aromatic carbocycles. The number of carbonyl (C=O) groups is 1. The molecule has 3 heteroatoms. The number of ketones is 1. The third-order valence-electron chi connectivity index (χ3n) is 3.29. The first kappa shape index (κ1) is 12.7. The number of Topliss-reactive ketones (excluding diaryl/α,β-unsaturated/α-hetero) is 1. The molecule has 3 nitrogen and oxygen atoms in total. The summed E-state index contributed by atoms with van der Waals surface area (Å²) in [5.41, 5.74) is 0. The van der Waals surface area contributed by atoms with Gasteiger partial charge in [-0.05, 0) is 20.3 Å². The number of rotatable bonds is 4. The molecule has 0 N–H and O–H groups in total. The molecule has 0 spiro atoms. The Bertz CT molecular complexity index is 218. The van der Waals surface area contributed by atoms with Crippen molar-refractivity contribution in [2.45, 2.75) is 58.7 Å². The number of ether oxygens (including phenoxy) is 1. The summed E-state index contributed by atoms with van der Waals surface area (Å²) in [6, 6.07) is 0.456. The molecule has 0 saturated carbocycles. The summed E-state index contributed by atoms with van der Waals surface area (Å²) in [5, 5.41) is 0. The fraction of sp³-hybridized carbons (Fsp3) is 0.917. The van der Waals surface area contributed by atoms with Crippen LogP contribution in [0.1, 0.15) is 40.5 Å². The molecule has 15 heavy (non-hydrogen) atoms. The number of hydrogen-bond acceptors (Lipinski definition) is 3. The molecule has 1 aliphatic rings. The maximum atomic E-state index is 11.7. The first-order valence-electron chi connectivity index (χ1n) is 6.00. The lowest BCUT2D eigenvalue weighted by molar-refractivity contribution is -0.130. The van der Waals surface area contributed by atoms with Crippen molar-refractivity contribution < 1.29 is 9.53 Å². The quantitative estimate of drug-likeness (QED) is 0.714. The molecule has 88 valence electrons. The molecule has 1 saturated heterocycles. The van der Waals surface area contributed by atoms with Crippen LogP contribution >= 0.6 is 0 Å². The van der Waals surface area contributed by atoms with Crippen LogP contribution < -0.4 is 0 Å². The monoisotopic (exact) mass is 213 g/mol. The third kappa shape index (κ3) is 3.02. The maximum absolute atomic E-state index is 11.7. The first-order valence-corrected chi connectivity index (χ1v) is 6.00. The van der Waals surface area contributed by atoms with Gasteiger partial charge in [0.25, 0.3) is 0 Å². The molecule has 0 radical (unpaired) electrons. The van der Waals surface area contributed by atoms with Crippen molar-refractivity contribution in [1.82, 2.24) is 4.90 Å². The van der Waals surface area contributed by atoms with Crippen LogP contribution in [0.4, 0.5) is 0 Å². The zero-order valence-corrected chi connectivity index (χ0v) is 10.3. The largest absolute Gasteiger partial charge is 0.376 e. The Morgan fingerprint density at radius 3 is 2.73 bits per heavy atom. The minimum absolute atomic E-state index is 0.0475. The van der Waals surface area contributed by atoms with E-state index in [1.54, 1.807) is 0 Å². The second-order valence-electron chi connectivity index (χ2n) is 4.40. The van der Waals surface area contributed by atoms with E-state index in [2.05, 4.69) is 18.7 Å². The molecule has 0 amide bonds. The number of hydrogen-bond donors (Lipinski definition) is 0. The van der Waals surface area contributed by atoms with E-state index in [1.165, 1.54) is 0 Å². The van der Waals surface area contributed by atoms with Gasteiger partial charge in [-0.1, -0.05) is 13.8 Å². The summed E-state index contributed by atoms with van der Waals surface area (Å²) in [7, 11) is 0. The fourth-order valence-corrected chi connectivity index (χ4v) is 2.18. The van der Waals surface area contributed by atoms with Gasteiger partial charge >= 0.3 is 0 Å². The predicted molar refractivity (Wildman–Crippen MR) is 61.0 cm³/mol. The van der Waals surface area contributed by atoms with Crippen molar-refractivity contribution in [3.05, 3.63) is 0 Å². The van der Waals surface area contributed by atoms with E-state index in [4.69, 9.17) is 4.74 Å². The highest BCUT2D eigenvalue weighted by molar-refractivity contribution is 5.83. The Balaban J connectivity index is 2.65. The highest BCUT2D eigenvalue weighted by Gasteiger charge is 2.31. The van der Waals surface area contributed by atoms with Gasteiger partial charge in [0.15, 0.2) is 0 Å². The molecule has 1 fully saturated rings. The lowest BCUT2D eigenvalue weighted by atomic mass is 10.0. The van der Waals surface area contributed by atoms with Gasteiger partial charge in [0.2, 0.25) is 0 Å². The second-order valence-corrected chi connectivity index (χ2v) is 4.40. The summed E-state index contributed by atoms with van der Waals surface area (Å²) in [5.74, 6) is 0.336. The molecule has 0 aromatic heterocycles. The Labute approximate surface area is 92.8 Å².